The van der Waals surface area contributed by atoms with Gasteiger partial charge >= 0.3 is 6.03 Å². The van der Waals surface area contributed by atoms with Gasteiger partial charge in [0.1, 0.15) is 6.10 Å². The van der Waals surface area contributed by atoms with Crippen LogP contribution in [-0.2, 0) is 0 Å². The van der Waals surface area contributed by atoms with Gasteiger partial charge in [-0.1, -0.05) is 17.4 Å². The quantitative estimate of drug-likeness (QED) is 0.729. The van der Waals surface area contributed by atoms with Gasteiger partial charge in [-0.25, -0.2) is 9.78 Å². The molecule has 0 spiro atoms. The van der Waals surface area contributed by atoms with Gasteiger partial charge in [-0.15, -0.1) is 0 Å². The van der Waals surface area contributed by atoms with Crippen molar-refractivity contribution in [3.05, 3.63) is 29.8 Å². The van der Waals surface area contributed by atoms with Gasteiger partial charge < -0.3 is 24.4 Å². The molecule has 1 aromatic heterocycles. The van der Waals surface area contributed by atoms with E-state index in [1.54, 1.807) is 31.8 Å². The average molecular weight is 447 g/mol. The zero-order valence-electron chi connectivity index (χ0n) is 18.1. The lowest BCUT2D eigenvalue weighted by molar-refractivity contribution is 0.0544. The highest BCUT2D eigenvalue weighted by Gasteiger charge is 2.30. The van der Waals surface area contributed by atoms with E-state index in [2.05, 4.69) is 15.2 Å². The van der Waals surface area contributed by atoms with Crippen molar-refractivity contribution in [2.45, 2.75) is 37.8 Å². The van der Waals surface area contributed by atoms with E-state index >= 15 is 0 Å². The van der Waals surface area contributed by atoms with Crippen LogP contribution >= 0.6 is 11.3 Å². The summed E-state index contributed by atoms with van der Waals surface area (Å²) in [5, 5.41) is 5.69. The largest absolute Gasteiger partial charge is 0.493 e. The zero-order valence-corrected chi connectivity index (χ0v) is 18.9. The first-order valence-corrected chi connectivity index (χ1v) is 11.6. The number of anilines is 1. The maximum atomic E-state index is 12.8. The Hall–Kier alpha value is -2.52. The molecule has 31 heavy (non-hydrogen) atoms. The van der Waals surface area contributed by atoms with Crippen LogP contribution in [0.3, 0.4) is 0 Å². The number of hydrogen-bond donors (Lipinski definition) is 1. The molecule has 2 aromatic rings. The van der Waals surface area contributed by atoms with Gasteiger partial charge in [-0.3, -0.25) is 4.90 Å². The van der Waals surface area contributed by atoms with Crippen LogP contribution in [0.1, 0.15) is 25.7 Å². The summed E-state index contributed by atoms with van der Waals surface area (Å²) in [4.78, 5) is 21.5. The number of piperidine rings is 2. The van der Waals surface area contributed by atoms with Crippen molar-refractivity contribution in [1.82, 2.24) is 14.8 Å². The maximum absolute atomic E-state index is 12.8. The van der Waals surface area contributed by atoms with E-state index < -0.39 is 0 Å². The van der Waals surface area contributed by atoms with Crippen molar-refractivity contribution in [2.75, 3.05) is 45.7 Å². The third-order valence-electron chi connectivity index (χ3n) is 6.07. The van der Waals surface area contributed by atoms with E-state index in [0.29, 0.717) is 23.2 Å². The molecule has 2 amide bonds. The summed E-state index contributed by atoms with van der Waals surface area (Å²) in [6, 6.07) is 5.90. The number of aromatic nitrogens is 1. The topological polar surface area (TPSA) is 76.2 Å². The lowest BCUT2D eigenvalue weighted by Crippen LogP contribution is -2.50. The summed E-state index contributed by atoms with van der Waals surface area (Å²) in [7, 11) is 3.16. The van der Waals surface area contributed by atoms with E-state index in [9.17, 15) is 4.79 Å². The number of ether oxygens (including phenoxy) is 3. The number of rotatable bonds is 6. The lowest BCUT2D eigenvalue weighted by atomic mass is 9.99. The molecule has 0 unspecified atom stereocenters. The van der Waals surface area contributed by atoms with Crippen LogP contribution in [-0.4, -0.2) is 73.4 Å². The number of carbonyl (C=O) groups excluding carboxylic acids is 1. The van der Waals surface area contributed by atoms with Crippen molar-refractivity contribution >= 4 is 23.1 Å². The molecule has 0 radical (unpaired) electrons. The highest BCUT2D eigenvalue weighted by atomic mass is 32.1. The molecule has 2 fully saturated rings. The first kappa shape index (κ1) is 21.7. The van der Waals surface area contributed by atoms with Gasteiger partial charge in [-0.05, 0) is 37.8 Å². The molecule has 0 bridgehead atoms. The molecule has 2 aliphatic heterocycles. The van der Waals surface area contributed by atoms with Crippen LogP contribution in [0.2, 0.25) is 0 Å². The van der Waals surface area contributed by atoms with Crippen molar-refractivity contribution in [3.63, 3.8) is 0 Å². The number of para-hydroxylation sites is 1. The van der Waals surface area contributed by atoms with Crippen LogP contribution in [0.4, 0.5) is 10.5 Å². The predicted molar refractivity (Wildman–Crippen MR) is 120 cm³/mol. The molecule has 0 saturated carbocycles. The minimum Gasteiger partial charge on any atom is -0.493 e. The van der Waals surface area contributed by atoms with Gasteiger partial charge in [0.25, 0.3) is 5.19 Å². The number of thiazole rings is 1. The normalized spacial score (nSPS) is 18.6. The average Bonchev–Trinajstić information content (AvgIpc) is 3.32. The van der Waals surface area contributed by atoms with Crippen molar-refractivity contribution in [2.24, 2.45) is 0 Å². The summed E-state index contributed by atoms with van der Waals surface area (Å²) in [6.45, 7) is 3.57. The first-order valence-electron chi connectivity index (χ1n) is 10.7. The van der Waals surface area contributed by atoms with Crippen LogP contribution in [0.25, 0.3) is 0 Å². The Balaban J connectivity index is 1.24. The van der Waals surface area contributed by atoms with Gasteiger partial charge in [0.2, 0.25) is 0 Å². The van der Waals surface area contributed by atoms with E-state index in [1.165, 1.54) is 0 Å². The first-order chi connectivity index (χ1) is 15.2. The Bertz CT molecular complexity index is 847. The molecule has 0 aliphatic carbocycles. The number of urea groups is 1. The van der Waals surface area contributed by atoms with E-state index in [4.69, 9.17) is 14.2 Å². The van der Waals surface area contributed by atoms with E-state index in [0.717, 1.165) is 57.1 Å². The van der Waals surface area contributed by atoms with E-state index in [1.807, 2.05) is 28.5 Å². The highest BCUT2D eigenvalue weighted by molar-refractivity contribution is 7.11. The fourth-order valence-corrected chi connectivity index (χ4v) is 4.94. The second kappa shape index (κ2) is 10.2. The van der Waals surface area contributed by atoms with Gasteiger partial charge in [-0.2, -0.15) is 0 Å². The monoisotopic (exact) mass is 446 g/mol. The summed E-state index contributed by atoms with van der Waals surface area (Å²) < 4.78 is 16.7. The van der Waals surface area contributed by atoms with Crippen LogP contribution in [0, 0.1) is 0 Å². The third-order valence-corrected chi connectivity index (χ3v) is 6.73. The molecular formula is C22H30N4O4S. The molecule has 2 saturated heterocycles. The highest BCUT2D eigenvalue weighted by Crippen LogP contribution is 2.35. The lowest BCUT2D eigenvalue weighted by Gasteiger charge is -2.41. The van der Waals surface area contributed by atoms with Crippen molar-refractivity contribution in [1.29, 1.82) is 0 Å². The standard InChI is InChI=1S/C22H30N4O4S/c1-28-19-5-3-4-18(20(19)29-2)24-21(27)26-11-6-16(7-12-26)25-13-8-17(9-14-25)30-22-23-10-15-31-22/h3-5,10,15-17H,6-9,11-14H2,1-2H3,(H,24,27). The molecule has 2 aliphatic rings. The Kier molecular flexibility index (Phi) is 7.14. The minimum atomic E-state index is -0.0967. The third kappa shape index (κ3) is 5.22. The number of nitrogens with zero attached hydrogens (tertiary/aromatic N) is 3. The molecule has 0 atom stereocenters. The number of nitrogens with one attached hydrogen (secondary N) is 1. The second-order valence-corrected chi connectivity index (χ2v) is 8.70. The van der Waals surface area contributed by atoms with Crippen molar-refractivity contribution in [3.8, 4) is 16.7 Å². The summed E-state index contributed by atoms with van der Waals surface area (Å²) in [6.07, 6.45) is 6.06. The summed E-state index contributed by atoms with van der Waals surface area (Å²) >= 11 is 1.55. The molecule has 1 aromatic carbocycles. The van der Waals surface area contributed by atoms with Gasteiger partial charge in [0, 0.05) is 43.8 Å². The number of amides is 2. The summed E-state index contributed by atoms with van der Waals surface area (Å²) in [5.74, 6) is 1.14. The fourth-order valence-electron chi connectivity index (χ4n) is 4.38. The molecule has 1 N–H and O–H groups in total. The molecule has 3 heterocycles. The van der Waals surface area contributed by atoms with Crippen molar-refractivity contribution < 1.29 is 19.0 Å². The van der Waals surface area contributed by atoms with Crippen LogP contribution in [0.5, 0.6) is 16.7 Å². The Morgan fingerprint density at radius 1 is 1.10 bits per heavy atom. The van der Waals surface area contributed by atoms with Crippen LogP contribution in [0.15, 0.2) is 29.8 Å². The number of methoxy groups -OCH3 is 2. The molecule has 4 rings (SSSR count). The SMILES string of the molecule is COc1cccc(NC(=O)N2CCC(N3CCC(Oc4nccs4)CC3)CC2)c1OC. The molecule has 168 valence electrons. The van der Waals surface area contributed by atoms with Crippen LogP contribution < -0.4 is 19.5 Å². The molecular weight excluding hydrogens is 416 g/mol. The number of carbonyl (C=O) groups is 1. The summed E-state index contributed by atoms with van der Waals surface area (Å²) in [5.41, 5.74) is 0.622. The smallest absolute Gasteiger partial charge is 0.321 e. The zero-order chi connectivity index (χ0) is 21.6. The fraction of sp³-hybridized carbons (Fsp3) is 0.545. The Labute approximate surface area is 187 Å². The van der Waals surface area contributed by atoms with Gasteiger partial charge in [0.05, 0.1) is 19.9 Å². The van der Waals surface area contributed by atoms with Gasteiger partial charge in [0.15, 0.2) is 11.5 Å². The Morgan fingerprint density at radius 3 is 2.52 bits per heavy atom. The Morgan fingerprint density at radius 2 is 1.87 bits per heavy atom. The molecule has 9 heteroatoms. The molecule has 8 nitrogen and oxygen atoms in total. The number of benzene rings is 1. The minimum absolute atomic E-state index is 0.0967. The second-order valence-electron chi connectivity index (χ2n) is 7.84. The van der Waals surface area contributed by atoms with E-state index in [-0.39, 0.29) is 12.1 Å². The number of likely N-dealkylation sites (tertiary alicyclic amines) is 2. The maximum Gasteiger partial charge on any atom is 0.321 e. The predicted octanol–water partition coefficient (Wildman–Crippen LogP) is 3.70. The number of hydrogen-bond acceptors (Lipinski definition) is 7.